The molecule has 0 aliphatic carbocycles. The van der Waals surface area contributed by atoms with Gasteiger partial charge in [0, 0.05) is 45.3 Å². The van der Waals surface area contributed by atoms with Gasteiger partial charge < -0.3 is 19.9 Å². The largest absolute Gasteiger partial charge is 0.449 e. The first-order valence-corrected chi connectivity index (χ1v) is 8.34. The van der Waals surface area contributed by atoms with Crippen molar-refractivity contribution in [3.8, 4) is 0 Å². The molecule has 0 spiro atoms. The van der Waals surface area contributed by atoms with Gasteiger partial charge >= 0.3 is 5.97 Å². The summed E-state index contributed by atoms with van der Waals surface area (Å²) in [5.41, 5.74) is 2.98. The molecule has 138 valence electrons. The molecule has 0 aliphatic heterocycles. The van der Waals surface area contributed by atoms with Crippen molar-refractivity contribution < 1.29 is 14.3 Å². The molecule has 0 bridgehead atoms. The lowest BCUT2D eigenvalue weighted by Gasteiger charge is -2.16. The Morgan fingerprint density at radius 1 is 0.923 bits per heavy atom. The van der Waals surface area contributed by atoms with Gasteiger partial charge in [-0.05, 0) is 49.4 Å². The summed E-state index contributed by atoms with van der Waals surface area (Å²) in [6.45, 7) is 1.55. The molecule has 0 aliphatic rings. The molecule has 0 fully saturated rings. The summed E-state index contributed by atoms with van der Waals surface area (Å²) < 4.78 is 5.29. The molecule has 2 aromatic rings. The lowest BCUT2D eigenvalue weighted by molar-refractivity contribution is -0.123. The van der Waals surface area contributed by atoms with Crippen LogP contribution in [0.1, 0.15) is 17.3 Å². The number of rotatable bonds is 6. The average Bonchev–Trinajstić information content (AvgIpc) is 2.62. The molecule has 1 amide bonds. The molecule has 1 unspecified atom stereocenters. The van der Waals surface area contributed by atoms with Gasteiger partial charge in [0.05, 0.1) is 5.56 Å². The highest BCUT2D eigenvalue weighted by Gasteiger charge is 2.19. The Labute approximate surface area is 154 Å². The number of benzene rings is 2. The Hall–Kier alpha value is -3.02. The quantitative estimate of drug-likeness (QED) is 0.807. The minimum Gasteiger partial charge on any atom is -0.449 e. The predicted molar refractivity (Wildman–Crippen MR) is 105 cm³/mol. The van der Waals surface area contributed by atoms with E-state index in [1.807, 2.05) is 68.3 Å². The number of ether oxygens (including phenoxy) is 1. The number of esters is 1. The van der Waals surface area contributed by atoms with Crippen LogP contribution in [0.2, 0.25) is 0 Å². The van der Waals surface area contributed by atoms with Crippen molar-refractivity contribution in [1.29, 1.82) is 0 Å². The van der Waals surface area contributed by atoms with Gasteiger partial charge in [0.15, 0.2) is 6.10 Å². The van der Waals surface area contributed by atoms with Crippen LogP contribution < -0.4 is 15.1 Å². The molecule has 6 heteroatoms. The van der Waals surface area contributed by atoms with E-state index in [1.54, 1.807) is 25.1 Å². The molecule has 0 heterocycles. The van der Waals surface area contributed by atoms with Gasteiger partial charge in [-0.3, -0.25) is 4.79 Å². The van der Waals surface area contributed by atoms with E-state index >= 15 is 0 Å². The second-order valence-electron chi connectivity index (χ2n) is 6.42. The van der Waals surface area contributed by atoms with Crippen molar-refractivity contribution in [1.82, 2.24) is 0 Å². The molecular weight excluding hydrogens is 330 g/mol. The Balaban J connectivity index is 1.97. The summed E-state index contributed by atoms with van der Waals surface area (Å²) >= 11 is 0. The first-order valence-electron chi connectivity index (χ1n) is 8.34. The van der Waals surface area contributed by atoms with Gasteiger partial charge in [0.2, 0.25) is 0 Å². The number of carbonyl (C=O) groups is 2. The van der Waals surface area contributed by atoms with Crippen LogP contribution in [0, 0.1) is 0 Å². The van der Waals surface area contributed by atoms with Crippen LogP contribution in [0.25, 0.3) is 0 Å². The van der Waals surface area contributed by atoms with E-state index in [2.05, 4.69) is 5.32 Å². The van der Waals surface area contributed by atoms with Gasteiger partial charge in [-0.1, -0.05) is 6.07 Å². The van der Waals surface area contributed by atoms with E-state index in [0.29, 0.717) is 11.3 Å². The van der Waals surface area contributed by atoms with Crippen molar-refractivity contribution in [3.05, 3.63) is 54.1 Å². The van der Waals surface area contributed by atoms with Crippen molar-refractivity contribution in [2.24, 2.45) is 0 Å². The Morgan fingerprint density at radius 3 is 2.12 bits per heavy atom. The SMILES string of the molecule is CC(OC(=O)c1cccc(N(C)C)c1)C(=O)Nc1ccc(N(C)C)cc1. The first-order chi connectivity index (χ1) is 12.3. The van der Waals surface area contributed by atoms with E-state index in [1.165, 1.54) is 0 Å². The normalized spacial score (nSPS) is 11.4. The Kier molecular flexibility index (Phi) is 6.22. The number of anilines is 3. The second-order valence-corrected chi connectivity index (χ2v) is 6.42. The van der Waals surface area contributed by atoms with Crippen molar-refractivity contribution in [2.45, 2.75) is 13.0 Å². The molecule has 6 nitrogen and oxygen atoms in total. The molecular formula is C20H25N3O3. The zero-order valence-electron chi connectivity index (χ0n) is 15.8. The van der Waals surface area contributed by atoms with Crippen LogP contribution in [0.4, 0.5) is 17.1 Å². The summed E-state index contributed by atoms with van der Waals surface area (Å²) in [6, 6.07) is 14.5. The van der Waals surface area contributed by atoms with Crippen LogP contribution in [0.15, 0.2) is 48.5 Å². The number of hydrogen-bond donors (Lipinski definition) is 1. The fourth-order valence-electron chi connectivity index (χ4n) is 2.28. The van der Waals surface area contributed by atoms with Crippen LogP contribution >= 0.6 is 0 Å². The van der Waals surface area contributed by atoms with E-state index in [9.17, 15) is 9.59 Å². The maximum atomic E-state index is 12.3. The zero-order chi connectivity index (χ0) is 19.3. The summed E-state index contributed by atoms with van der Waals surface area (Å²) in [5, 5.41) is 2.75. The first kappa shape index (κ1) is 19.3. The molecule has 2 aromatic carbocycles. The number of nitrogens with zero attached hydrogens (tertiary/aromatic N) is 2. The van der Waals surface area contributed by atoms with E-state index < -0.39 is 12.1 Å². The molecule has 0 saturated heterocycles. The number of hydrogen-bond acceptors (Lipinski definition) is 5. The topological polar surface area (TPSA) is 61.9 Å². The number of amides is 1. The summed E-state index contributed by atoms with van der Waals surface area (Å²) in [6.07, 6.45) is -0.904. The van der Waals surface area contributed by atoms with Gasteiger partial charge in [0.1, 0.15) is 0 Å². The fraction of sp³-hybridized carbons (Fsp3) is 0.300. The molecule has 1 N–H and O–H groups in total. The maximum Gasteiger partial charge on any atom is 0.338 e. The number of nitrogens with one attached hydrogen (secondary N) is 1. The highest BCUT2D eigenvalue weighted by molar-refractivity contribution is 5.97. The maximum absolute atomic E-state index is 12.3. The third-order valence-electron chi connectivity index (χ3n) is 3.90. The molecule has 0 saturated carbocycles. The van der Waals surface area contributed by atoms with Crippen molar-refractivity contribution >= 4 is 28.9 Å². The Morgan fingerprint density at radius 2 is 1.54 bits per heavy atom. The minimum absolute atomic E-state index is 0.375. The van der Waals surface area contributed by atoms with Crippen molar-refractivity contribution in [3.63, 3.8) is 0 Å². The van der Waals surface area contributed by atoms with Crippen molar-refractivity contribution in [2.75, 3.05) is 43.3 Å². The smallest absolute Gasteiger partial charge is 0.338 e. The summed E-state index contributed by atoms with van der Waals surface area (Å²) in [4.78, 5) is 28.4. The van der Waals surface area contributed by atoms with Gasteiger partial charge in [0.25, 0.3) is 5.91 Å². The van der Waals surface area contributed by atoms with E-state index in [4.69, 9.17) is 4.74 Å². The third-order valence-corrected chi connectivity index (χ3v) is 3.90. The lowest BCUT2D eigenvalue weighted by Crippen LogP contribution is -2.30. The third kappa shape index (κ3) is 4.99. The summed E-state index contributed by atoms with van der Waals surface area (Å²) in [5.74, 6) is -0.904. The second kappa shape index (κ2) is 8.38. The lowest BCUT2D eigenvalue weighted by atomic mass is 10.2. The monoisotopic (exact) mass is 355 g/mol. The van der Waals surface area contributed by atoms with Crippen LogP contribution in [-0.4, -0.2) is 46.2 Å². The van der Waals surface area contributed by atoms with Gasteiger partial charge in [-0.15, -0.1) is 0 Å². The zero-order valence-corrected chi connectivity index (χ0v) is 15.8. The van der Waals surface area contributed by atoms with Crippen LogP contribution in [0.5, 0.6) is 0 Å². The molecule has 0 aromatic heterocycles. The van der Waals surface area contributed by atoms with E-state index in [0.717, 1.165) is 11.4 Å². The molecule has 1 atom stereocenters. The van der Waals surface area contributed by atoms with Crippen LogP contribution in [0.3, 0.4) is 0 Å². The van der Waals surface area contributed by atoms with Gasteiger partial charge in [-0.25, -0.2) is 4.79 Å². The highest BCUT2D eigenvalue weighted by atomic mass is 16.5. The van der Waals surface area contributed by atoms with Gasteiger partial charge in [-0.2, -0.15) is 0 Å². The summed E-state index contributed by atoms with van der Waals surface area (Å²) in [7, 11) is 7.67. The molecule has 0 radical (unpaired) electrons. The van der Waals surface area contributed by atoms with E-state index in [-0.39, 0.29) is 5.91 Å². The highest BCUT2D eigenvalue weighted by Crippen LogP contribution is 2.17. The fourth-order valence-corrected chi connectivity index (χ4v) is 2.28. The predicted octanol–water partition coefficient (Wildman–Crippen LogP) is 3.00. The Bertz CT molecular complexity index is 770. The minimum atomic E-state index is -0.904. The number of carbonyl (C=O) groups excluding carboxylic acids is 2. The average molecular weight is 355 g/mol. The molecule has 2 rings (SSSR count). The van der Waals surface area contributed by atoms with Crippen LogP contribution in [-0.2, 0) is 9.53 Å². The molecule has 26 heavy (non-hydrogen) atoms. The standard InChI is InChI=1S/C20H25N3O3/c1-14(19(24)21-16-9-11-17(12-10-16)22(2)3)26-20(25)15-7-6-8-18(13-15)23(4)5/h6-14H,1-5H3,(H,21,24).